The summed E-state index contributed by atoms with van der Waals surface area (Å²) < 4.78 is 28.1. The summed E-state index contributed by atoms with van der Waals surface area (Å²) in [7, 11) is -3.53. The van der Waals surface area contributed by atoms with Crippen molar-refractivity contribution in [1.82, 2.24) is 4.72 Å². The Morgan fingerprint density at radius 1 is 1.35 bits per heavy atom. The largest absolute Gasteiger partial charge is 0.326 e. The van der Waals surface area contributed by atoms with Crippen LogP contribution in [0.15, 0.2) is 27.6 Å². The molecule has 0 saturated carbocycles. The van der Waals surface area contributed by atoms with E-state index >= 15 is 0 Å². The quantitative estimate of drug-likeness (QED) is 0.782. The summed E-state index contributed by atoms with van der Waals surface area (Å²) in [5.74, 6) is 0.492. The second kappa shape index (κ2) is 7.54. The van der Waals surface area contributed by atoms with E-state index in [1.54, 1.807) is 12.1 Å². The van der Waals surface area contributed by atoms with Crippen molar-refractivity contribution in [3.63, 3.8) is 0 Å². The third kappa shape index (κ3) is 4.84. The molecule has 0 fully saturated rings. The molecule has 2 unspecified atom stereocenters. The number of nitrogens with one attached hydrogen (secondary N) is 1. The van der Waals surface area contributed by atoms with Crippen molar-refractivity contribution >= 4 is 26.0 Å². The van der Waals surface area contributed by atoms with Crippen molar-refractivity contribution in [2.45, 2.75) is 51.1 Å². The molecule has 0 aromatic heterocycles. The number of halogens is 1. The average Bonchev–Trinajstić information content (AvgIpc) is 2.38. The minimum absolute atomic E-state index is 0.0941. The lowest BCUT2D eigenvalue weighted by Crippen LogP contribution is -2.34. The summed E-state index contributed by atoms with van der Waals surface area (Å²) >= 11 is 3.29. The van der Waals surface area contributed by atoms with Crippen LogP contribution in [0.5, 0.6) is 0 Å². The normalized spacial score (nSPS) is 15.1. The molecule has 0 heterocycles. The Bertz CT molecular complexity index is 546. The van der Waals surface area contributed by atoms with Gasteiger partial charge in [0, 0.05) is 17.1 Å². The van der Waals surface area contributed by atoms with E-state index in [9.17, 15) is 8.42 Å². The van der Waals surface area contributed by atoms with Gasteiger partial charge in [-0.3, -0.25) is 0 Å². The minimum atomic E-state index is -3.53. The molecule has 0 aliphatic carbocycles. The van der Waals surface area contributed by atoms with Crippen LogP contribution in [-0.2, 0) is 16.6 Å². The molecule has 0 aliphatic heterocycles. The Balaban J connectivity index is 2.93. The first-order chi connectivity index (χ1) is 9.30. The Labute approximate surface area is 130 Å². The SMILES string of the molecule is CCC(C)CC(C)NS(=O)(=O)c1cc(CN)ccc1Br. The van der Waals surface area contributed by atoms with Crippen LogP contribution in [0.25, 0.3) is 0 Å². The van der Waals surface area contributed by atoms with Crippen LogP contribution in [0, 0.1) is 5.92 Å². The van der Waals surface area contributed by atoms with Crippen LogP contribution in [0.4, 0.5) is 0 Å². The second-order valence-electron chi connectivity index (χ2n) is 5.24. The molecule has 4 nitrogen and oxygen atoms in total. The molecule has 0 radical (unpaired) electrons. The van der Waals surface area contributed by atoms with Crippen molar-refractivity contribution in [2.24, 2.45) is 11.7 Å². The molecule has 0 bridgehead atoms. The van der Waals surface area contributed by atoms with Gasteiger partial charge in [-0.05, 0) is 52.9 Å². The molecule has 2 atom stereocenters. The van der Waals surface area contributed by atoms with Crippen molar-refractivity contribution in [3.05, 3.63) is 28.2 Å². The fourth-order valence-electron chi connectivity index (χ4n) is 2.03. The van der Waals surface area contributed by atoms with Crippen LogP contribution >= 0.6 is 15.9 Å². The molecule has 0 amide bonds. The zero-order valence-corrected chi connectivity index (χ0v) is 14.6. The summed E-state index contributed by atoms with van der Waals surface area (Å²) in [5, 5.41) is 0. The molecule has 0 spiro atoms. The maximum atomic E-state index is 12.4. The molecule has 1 rings (SSSR count). The fourth-order valence-corrected chi connectivity index (χ4v) is 4.30. The number of nitrogens with two attached hydrogens (primary N) is 1. The van der Waals surface area contributed by atoms with E-state index in [-0.39, 0.29) is 10.9 Å². The van der Waals surface area contributed by atoms with Crippen LogP contribution < -0.4 is 10.5 Å². The number of sulfonamides is 1. The number of hydrogen-bond donors (Lipinski definition) is 2. The van der Waals surface area contributed by atoms with Gasteiger partial charge in [-0.15, -0.1) is 0 Å². The summed E-state index contributed by atoms with van der Waals surface area (Å²) in [4.78, 5) is 0.247. The lowest BCUT2D eigenvalue weighted by atomic mass is 10.0. The van der Waals surface area contributed by atoms with E-state index in [0.717, 1.165) is 18.4 Å². The maximum Gasteiger partial charge on any atom is 0.241 e. The zero-order valence-electron chi connectivity index (χ0n) is 12.2. The Morgan fingerprint density at radius 3 is 2.55 bits per heavy atom. The molecule has 1 aromatic rings. The predicted octanol–water partition coefficient (Wildman–Crippen LogP) is 3.01. The standard InChI is InChI=1S/C14H23BrN2O2S/c1-4-10(2)7-11(3)17-20(18,19)14-8-12(9-16)5-6-13(14)15/h5-6,8,10-11,17H,4,7,9,16H2,1-3H3. The smallest absolute Gasteiger partial charge is 0.241 e. The van der Waals surface area contributed by atoms with E-state index in [4.69, 9.17) is 5.73 Å². The van der Waals surface area contributed by atoms with E-state index < -0.39 is 10.0 Å². The highest BCUT2D eigenvalue weighted by Crippen LogP contribution is 2.24. The van der Waals surface area contributed by atoms with Gasteiger partial charge in [0.25, 0.3) is 0 Å². The number of benzene rings is 1. The predicted molar refractivity (Wildman–Crippen MR) is 85.9 cm³/mol. The Morgan fingerprint density at radius 2 is 2.00 bits per heavy atom. The van der Waals surface area contributed by atoms with Gasteiger partial charge in [0.2, 0.25) is 10.0 Å². The van der Waals surface area contributed by atoms with Gasteiger partial charge in [0.05, 0.1) is 4.90 Å². The third-order valence-electron chi connectivity index (χ3n) is 3.33. The highest BCUT2D eigenvalue weighted by atomic mass is 79.9. The highest BCUT2D eigenvalue weighted by Gasteiger charge is 2.21. The Hall–Kier alpha value is -0.430. The summed E-state index contributed by atoms with van der Waals surface area (Å²) in [6.07, 6.45) is 1.86. The average molecular weight is 363 g/mol. The van der Waals surface area contributed by atoms with Gasteiger partial charge >= 0.3 is 0 Å². The summed E-state index contributed by atoms with van der Waals surface area (Å²) in [6, 6.07) is 5.05. The molecular weight excluding hydrogens is 340 g/mol. The van der Waals surface area contributed by atoms with E-state index in [2.05, 4.69) is 34.5 Å². The molecule has 114 valence electrons. The van der Waals surface area contributed by atoms with Crippen molar-refractivity contribution in [3.8, 4) is 0 Å². The lowest BCUT2D eigenvalue weighted by molar-refractivity contribution is 0.445. The molecule has 0 saturated heterocycles. The van der Waals surface area contributed by atoms with Gasteiger partial charge in [0.15, 0.2) is 0 Å². The molecule has 6 heteroatoms. The van der Waals surface area contributed by atoms with Gasteiger partial charge < -0.3 is 5.73 Å². The molecule has 20 heavy (non-hydrogen) atoms. The van der Waals surface area contributed by atoms with E-state index in [1.807, 2.05) is 13.0 Å². The monoisotopic (exact) mass is 362 g/mol. The first kappa shape index (κ1) is 17.6. The van der Waals surface area contributed by atoms with Gasteiger partial charge in [0.1, 0.15) is 0 Å². The van der Waals surface area contributed by atoms with Gasteiger partial charge in [-0.1, -0.05) is 26.3 Å². The van der Waals surface area contributed by atoms with Gasteiger partial charge in [-0.25, -0.2) is 13.1 Å². The first-order valence-corrected chi connectivity index (χ1v) is 9.08. The highest BCUT2D eigenvalue weighted by molar-refractivity contribution is 9.10. The van der Waals surface area contributed by atoms with Crippen molar-refractivity contribution in [2.75, 3.05) is 0 Å². The van der Waals surface area contributed by atoms with Gasteiger partial charge in [-0.2, -0.15) is 0 Å². The first-order valence-electron chi connectivity index (χ1n) is 6.81. The van der Waals surface area contributed by atoms with Crippen LogP contribution in [-0.4, -0.2) is 14.5 Å². The third-order valence-corrected chi connectivity index (χ3v) is 5.91. The molecule has 1 aromatic carbocycles. The molecule has 0 aliphatic rings. The van der Waals surface area contributed by atoms with Crippen LogP contribution in [0.1, 0.15) is 39.2 Å². The van der Waals surface area contributed by atoms with E-state index in [1.165, 1.54) is 0 Å². The maximum absolute atomic E-state index is 12.4. The van der Waals surface area contributed by atoms with E-state index in [0.29, 0.717) is 16.9 Å². The number of rotatable bonds is 7. The second-order valence-corrected chi connectivity index (χ2v) is 7.78. The number of hydrogen-bond acceptors (Lipinski definition) is 3. The lowest BCUT2D eigenvalue weighted by Gasteiger charge is -2.18. The molecule has 3 N–H and O–H groups in total. The minimum Gasteiger partial charge on any atom is -0.326 e. The van der Waals surface area contributed by atoms with Crippen molar-refractivity contribution < 1.29 is 8.42 Å². The molecular formula is C14H23BrN2O2S. The Kier molecular flexibility index (Phi) is 6.64. The summed E-state index contributed by atoms with van der Waals surface area (Å²) in [5.41, 5.74) is 6.36. The fraction of sp³-hybridized carbons (Fsp3) is 0.571. The summed E-state index contributed by atoms with van der Waals surface area (Å²) in [6.45, 7) is 6.44. The topological polar surface area (TPSA) is 72.2 Å². The zero-order chi connectivity index (χ0) is 15.3. The van der Waals surface area contributed by atoms with Crippen molar-refractivity contribution in [1.29, 1.82) is 0 Å². The van der Waals surface area contributed by atoms with Crippen LogP contribution in [0.3, 0.4) is 0 Å². The van der Waals surface area contributed by atoms with Crippen LogP contribution in [0.2, 0.25) is 0 Å².